The molecule has 3 N–H and O–H groups in total. The van der Waals surface area contributed by atoms with Crippen molar-refractivity contribution < 1.29 is 4.79 Å². The van der Waals surface area contributed by atoms with Crippen LogP contribution in [0, 0.1) is 5.92 Å². The molecule has 0 unspecified atom stereocenters. The number of aromatic nitrogens is 2. The second kappa shape index (κ2) is 6.37. The Hall–Kier alpha value is -1.72. The fourth-order valence-electron chi connectivity index (χ4n) is 2.99. The van der Waals surface area contributed by atoms with Crippen molar-refractivity contribution >= 4 is 17.4 Å². The first-order chi connectivity index (χ1) is 9.90. The van der Waals surface area contributed by atoms with Gasteiger partial charge in [0.15, 0.2) is 0 Å². The first kappa shape index (κ1) is 15.7. The molecule has 1 aliphatic rings. The summed E-state index contributed by atoms with van der Waals surface area (Å²) in [5, 5.41) is 7.47. The molecule has 0 spiro atoms. The van der Waals surface area contributed by atoms with Gasteiger partial charge in [-0.1, -0.05) is 13.8 Å². The van der Waals surface area contributed by atoms with E-state index >= 15 is 0 Å². The van der Waals surface area contributed by atoms with Gasteiger partial charge >= 0.3 is 0 Å². The molecule has 1 amide bonds. The van der Waals surface area contributed by atoms with E-state index in [1.165, 1.54) is 0 Å². The molecule has 1 aliphatic heterocycles. The van der Waals surface area contributed by atoms with Crippen molar-refractivity contribution in [3.05, 3.63) is 5.69 Å². The highest BCUT2D eigenvalue weighted by Crippen LogP contribution is 2.32. The third-order valence-corrected chi connectivity index (χ3v) is 4.18. The summed E-state index contributed by atoms with van der Waals surface area (Å²) in [4.78, 5) is 13.3. The van der Waals surface area contributed by atoms with Gasteiger partial charge in [-0.3, -0.25) is 9.48 Å². The predicted molar refractivity (Wildman–Crippen MR) is 85.3 cm³/mol. The second-order valence-electron chi connectivity index (χ2n) is 6.27. The average Bonchev–Trinajstić information content (AvgIpc) is 2.73. The minimum Gasteiger partial charge on any atom is -0.394 e. The maximum absolute atomic E-state index is 11.0. The summed E-state index contributed by atoms with van der Waals surface area (Å²) in [6.45, 7) is 8.50. The molecule has 1 fully saturated rings. The third kappa shape index (κ3) is 3.49. The number of hydrogen-bond donors (Lipinski definition) is 2. The van der Waals surface area contributed by atoms with Gasteiger partial charge in [-0.05, 0) is 24.7 Å². The Morgan fingerprint density at radius 1 is 1.43 bits per heavy atom. The summed E-state index contributed by atoms with van der Waals surface area (Å²) in [7, 11) is 1.96. The molecule has 2 rings (SSSR count). The number of rotatable bonds is 4. The van der Waals surface area contributed by atoms with Crippen molar-refractivity contribution in [3.63, 3.8) is 0 Å². The molecule has 1 aromatic heterocycles. The largest absolute Gasteiger partial charge is 0.394 e. The zero-order valence-corrected chi connectivity index (χ0v) is 13.5. The first-order valence-electron chi connectivity index (χ1n) is 7.71. The van der Waals surface area contributed by atoms with Gasteiger partial charge in [-0.15, -0.1) is 0 Å². The highest BCUT2D eigenvalue weighted by atomic mass is 16.1. The van der Waals surface area contributed by atoms with Gasteiger partial charge in [-0.2, -0.15) is 5.10 Å². The Morgan fingerprint density at radius 2 is 2.05 bits per heavy atom. The SMILES string of the molecule is CC(=O)NCC1CCN(c2c(N)c(C(C)C)nn2C)CC1. The minimum atomic E-state index is 0.0508. The van der Waals surface area contributed by atoms with E-state index in [0.29, 0.717) is 11.8 Å². The lowest BCUT2D eigenvalue weighted by molar-refractivity contribution is -0.119. The number of piperidine rings is 1. The average molecular weight is 293 g/mol. The van der Waals surface area contributed by atoms with Crippen molar-refractivity contribution in [3.8, 4) is 0 Å². The molecule has 1 aromatic rings. The minimum absolute atomic E-state index is 0.0508. The molecular formula is C15H27N5O. The topological polar surface area (TPSA) is 76.2 Å². The number of amides is 1. The summed E-state index contributed by atoms with van der Waals surface area (Å²) < 4.78 is 1.90. The zero-order valence-electron chi connectivity index (χ0n) is 13.5. The van der Waals surface area contributed by atoms with E-state index in [4.69, 9.17) is 5.73 Å². The van der Waals surface area contributed by atoms with Crippen LogP contribution in [0.3, 0.4) is 0 Å². The van der Waals surface area contributed by atoms with Gasteiger partial charge in [0.25, 0.3) is 0 Å². The number of nitrogens with one attached hydrogen (secondary N) is 1. The summed E-state index contributed by atoms with van der Waals surface area (Å²) >= 11 is 0. The Balaban J connectivity index is 2.01. The van der Waals surface area contributed by atoms with E-state index < -0.39 is 0 Å². The molecule has 21 heavy (non-hydrogen) atoms. The highest BCUT2D eigenvalue weighted by Gasteiger charge is 2.25. The Bertz CT molecular complexity index is 500. The molecule has 0 atom stereocenters. The van der Waals surface area contributed by atoms with Crippen LogP contribution in [0.2, 0.25) is 0 Å². The normalized spacial score (nSPS) is 16.5. The second-order valence-corrected chi connectivity index (χ2v) is 6.27. The Labute approximate surface area is 126 Å². The number of hydrogen-bond acceptors (Lipinski definition) is 4. The lowest BCUT2D eigenvalue weighted by Gasteiger charge is -2.33. The first-order valence-corrected chi connectivity index (χ1v) is 7.71. The van der Waals surface area contributed by atoms with Gasteiger partial charge < -0.3 is 16.0 Å². The van der Waals surface area contributed by atoms with Gasteiger partial charge in [0.1, 0.15) is 5.82 Å². The lowest BCUT2D eigenvalue weighted by Crippen LogP contribution is -2.39. The third-order valence-electron chi connectivity index (χ3n) is 4.18. The fraction of sp³-hybridized carbons (Fsp3) is 0.733. The number of aryl methyl sites for hydroxylation is 1. The fourth-order valence-corrected chi connectivity index (χ4v) is 2.99. The molecule has 6 heteroatoms. The van der Waals surface area contributed by atoms with Crippen molar-refractivity contribution in [2.45, 2.75) is 39.5 Å². The predicted octanol–water partition coefficient (Wildman–Crippen LogP) is 1.48. The van der Waals surface area contributed by atoms with Gasteiger partial charge in [0.05, 0.1) is 11.4 Å². The Kier molecular flexibility index (Phi) is 4.75. The maximum Gasteiger partial charge on any atom is 0.216 e. The molecule has 1 saturated heterocycles. The van der Waals surface area contributed by atoms with Crippen LogP contribution in [-0.2, 0) is 11.8 Å². The Morgan fingerprint density at radius 3 is 2.52 bits per heavy atom. The zero-order chi connectivity index (χ0) is 15.6. The van der Waals surface area contributed by atoms with Crippen LogP contribution in [0.25, 0.3) is 0 Å². The van der Waals surface area contributed by atoms with Crippen LogP contribution in [-0.4, -0.2) is 35.3 Å². The van der Waals surface area contributed by atoms with Crippen LogP contribution in [0.5, 0.6) is 0 Å². The summed E-state index contributed by atoms with van der Waals surface area (Å²) in [6.07, 6.45) is 2.14. The molecular weight excluding hydrogens is 266 g/mol. The number of carbonyl (C=O) groups is 1. The highest BCUT2D eigenvalue weighted by molar-refractivity contribution is 5.72. The van der Waals surface area contributed by atoms with Crippen LogP contribution in [0.1, 0.15) is 45.2 Å². The molecule has 0 bridgehead atoms. The molecule has 0 aromatic carbocycles. The molecule has 0 aliphatic carbocycles. The molecule has 0 saturated carbocycles. The number of nitrogens with two attached hydrogens (primary N) is 1. The quantitative estimate of drug-likeness (QED) is 0.881. The number of carbonyl (C=O) groups excluding carboxylic acids is 1. The van der Waals surface area contributed by atoms with Crippen LogP contribution >= 0.6 is 0 Å². The smallest absolute Gasteiger partial charge is 0.216 e. The molecule has 118 valence electrons. The molecule has 2 heterocycles. The number of nitrogen functional groups attached to an aromatic ring is 1. The number of nitrogens with zero attached hydrogens (tertiary/aromatic N) is 3. The van der Waals surface area contributed by atoms with Gasteiger partial charge in [0.2, 0.25) is 5.91 Å². The van der Waals surface area contributed by atoms with Crippen molar-refractivity contribution in [1.29, 1.82) is 0 Å². The van der Waals surface area contributed by atoms with Crippen molar-refractivity contribution in [2.75, 3.05) is 30.3 Å². The van der Waals surface area contributed by atoms with Crippen LogP contribution < -0.4 is 16.0 Å². The van der Waals surface area contributed by atoms with Crippen molar-refractivity contribution in [2.24, 2.45) is 13.0 Å². The molecule has 0 radical (unpaired) electrons. The lowest BCUT2D eigenvalue weighted by atomic mass is 9.96. The molecule has 6 nitrogen and oxygen atoms in total. The van der Waals surface area contributed by atoms with Crippen molar-refractivity contribution in [1.82, 2.24) is 15.1 Å². The monoisotopic (exact) mass is 293 g/mol. The van der Waals surface area contributed by atoms with E-state index in [1.54, 1.807) is 6.92 Å². The van der Waals surface area contributed by atoms with Crippen LogP contribution in [0.15, 0.2) is 0 Å². The summed E-state index contributed by atoms with van der Waals surface area (Å²) in [5.41, 5.74) is 8.08. The number of anilines is 2. The van der Waals surface area contributed by atoms with E-state index in [0.717, 1.165) is 49.7 Å². The van der Waals surface area contributed by atoms with E-state index in [2.05, 4.69) is 29.2 Å². The summed E-state index contributed by atoms with van der Waals surface area (Å²) in [5.74, 6) is 1.98. The van der Waals surface area contributed by atoms with E-state index in [-0.39, 0.29) is 5.91 Å². The standard InChI is InChI=1S/C15H27N5O/c1-10(2)14-13(16)15(19(4)18-14)20-7-5-12(6-8-20)9-17-11(3)21/h10,12H,5-9,16H2,1-4H3,(H,17,21). The van der Waals surface area contributed by atoms with E-state index in [1.807, 2.05) is 11.7 Å². The van der Waals surface area contributed by atoms with E-state index in [9.17, 15) is 4.79 Å². The summed E-state index contributed by atoms with van der Waals surface area (Å²) in [6, 6.07) is 0. The van der Waals surface area contributed by atoms with Gasteiger partial charge in [-0.25, -0.2) is 0 Å². The van der Waals surface area contributed by atoms with Crippen LogP contribution in [0.4, 0.5) is 11.5 Å². The maximum atomic E-state index is 11.0. The van der Waals surface area contributed by atoms with Gasteiger partial charge in [0, 0.05) is 33.6 Å².